The highest BCUT2D eigenvalue weighted by molar-refractivity contribution is 8.03. The van der Waals surface area contributed by atoms with Crippen molar-refractivity contribution in [3.8, 4) is 0 Å². The van der Waals surface area contributed by atoms with Crippen LogP contribution in [0, 0.1) is 0 Å². The van der Waals surface area contributed by atoms with Gasteiger partial charge in [-0.05, 0) is 79.1 Å². The zero-order valence-corrected chi connectivity index (χ0v) is 38.6. The Morgan fingerprint density at radius 1 is 0.785 bits per heavy atom. The number of hydrogen-bond acceptors (Lipinski definition) is 15. The van der Waals surface area contributed by atoms with E-state index >= 15 is 0 Å². The number of pyridine rings is 1. The molecule has 3 aliphatic heterocycles. The van der Waals surface area contributed by atoms with Crippen molar-refractivity contribution in [2.45, 2.75) is 39.6 Å². The van der Waals surface area contributed by atoms with Gasteiger partial charge in [0, 0.05) is 58.6 Å². The van der Waals surface area contributed by atoms with E-state index in [1.165, 1.54) is 48.2 Å². The number of fused-ring (bicyclic) bond motifs is 6. The van der Waals surface area contributed by atoms with Crippen molar-refractivity contribution in [2.24, 2.45) is 7.05 Å². The molecule has 2 bridgehead atoms. The van der Waals surface area contributed by atoms with Crippen LogP contribution in [0.15, 0.2) is 128 Å². The number of aromatic nitrogens is 1. The molecule has 8 rings (SSSR count). The average molecular weight is 982 g/mol. The van der Waals surface area contributed by atoms with Gasteiger partial charge in [0.1, 0.15) is 23.8 Å². The maximum atomic E-state index is 12.2. The number of likely N-dealkylation sites (N-methyl/N-ethyl adjacent to an activating group) is 1. The first kappa shape index (κ1) is 47.4. The molecule has 2 unspecified atom stereocenters. The van der Waals surface area contributed by atoms with Crippen molar-refractivity contribution in [1.29, 1.82) is 0 Å². The first-order valence-corrected chi connectivity index (χ1v) is 25.7. The van der Waals surface area contributed by atoms with Crippen molar-refractivity contribution in [3.63, 3.8) is 0 Å². The quantitative estimate of drug-likeness (QED) is 0.0580. The minimum absolute atomic E-state index is 0.0117. The lowest BCUT2D eigenvalue weighted by molar-refractivity contribution is -0.617. The summed E-state index contributed by atoms with van der Waals surface area (Å²) >= 11 is 1.54. The molecule has 4 heterocycles. The van der Waals surface area contributed by atoms with Crippen LogP contribution < -0.4 is 9.47 Å². The predicted molar refractivity (Wildman–Crippen MR) is 241 cm³/mol. The molecule has 4 aromatic carbocycles. The molecule has 340 valence electrons. The summed E-state index contributed by atoms with van der Waals surface area (Å²) in [6.07, 6.45) is 9.62. The lowest BCUT2D eigenvalue weighted by Gasteiger charge is -2.36. The first-order valence-electron chi connectivity index (χ1n) is 19.4. The molecule has 3 aliphatic rings. The SMILES string of the molecule is CN1c2cc(S(=O)(=O)O)ccc2C(=C/C=C2C(SCCOC=O)=C(/C=C/c3c4ccccc4[n+](C)c4cc(S(=O)(=O)[O-])ccc34)C3CCC/2N3C)c2ccc(S(=O)(=O)O)cc21.O=S(=O)=O. The molecule has 0 spiro atoms. The topological polar surface area (TPSA) is 254 Å². The maximum absolute atomic E-state index is 12.2. The van der Waals surface area contributed by atoms with Gasteiger partial charge >= 0.3 is 10.6 Å². The van der Waals surface area contributed by atoms with Crippen LogP contribution in [-0.2, 0) is 57.5 Å². The molecule has 2 atom stereocenters. The van der Waals surface area contributed by atoms with Crippen LogP contribution in [0.3, 0.4) is 0 Å². The molecule has 0 radical (unpaired) electrons. The smallest absolute Gasteiger partial charge is 0.425 e. The number of anilines is 2. The van der Waals surface area contributed by atoms with E-state index in [0.717, 1.165) is 50.7 Å². The van der Waals surface area contributed by atoms with E-state index in [-0.39, 0.29) is 33.4 Å². The molecule has 0 aliphatic carbocycles. The standard InChI is InChI=1S/C43H39N3O11S4.O3S/c1-44-38-18-19-39(44)36(17-15-30-33-12-9-27(60(51,52)53)23-41(33)46(3)42-24-28(61(54,55)56)10-13-34(30)42)43(58-21-20-57-25-47)35(38)16-14-29-31-6-4-5-7-37(31)45(2)40-22-26(59(48,49)50)8-11-32(29)40;1-4(2)3/h4-17,22-25,38-39H,18-21H2,1-3H3,(H2-,48,49,50,51,52,53,54,55,56);. The highest BCUT2D eigenvalue weighted by Crippen LogP contribution is 2.49. The van der Waals surface area contributed by atoms with Crippen LogP contribution in [-0.4, -0.2) is 101 Å². The van der Waals surface area contributed by atoms with Crippen molar-refractivity contribution < 1.29 is 65.6 Å². The fourth-order valence-corrected chi connectivity index (χ4v) is 11.3. The van der Waals surface area contributed by atoms with E-state index in [1.54, 1.807) is 30.1 Å². The summed E-state index contributed by atoms with van der Waals surface area (Å²) in [6.45, 7) is 0.559. The van der Waals surface area contributed by atoms with Gasteiger partial charge in [0.25, 0.3) is 26.7 Å². The number of allylic oxidation sites excluding steroid dienone is 2. The van der Waals surface area contributed by atoms with Crippen LogP contribution in [0.1, 0.15) is 29.5 Å². The number of aryl methyl sites for hydroxylation is 1. The van der Waals surface area contributed by atoms with Crippen molar-refractivity contribution >= 4 is 104 Å². The summed E-state index contributed by atoms with van der Waals surface area (Å²) in [7, 11) is -11.5. The second-order valence-corrected chi connectivity index (χ2v) is 20.8. The Hall–Kier alpha value is -5.56. The van der Waals surface area contributed by atoms with E-state index in [4.69, 9.17) is 17.4 Å². The van der Waals surface area contributed by atoms with Gasteiger partial charge in [0.2, 0.25) is 11.0 Å². The summed E-state index contributed by atoms with van der Waals surface area (Å²) in [5.41, 5.74) is 6.75. The molecule has 5 aromatic rings. The van der Waals surface area contributed by atoms with Crippen LogP contribution >= 0.6 is 11.8 Å². The second-order valence-electron chi connectivity index (χ2n) is 15.1. The fraction of sp³-hybridized carbons (Fsp3) is 0.209. The number of rotatable bonds is 11. The monoisotopic (exact) mass is 981 g/mol. The van der Waals surface area contributed by atoms with E-state index < -0.39 is 41.0 Å². The molecule has 0 amide bonds. The molecular weight excluding hydrogens is 943 g/mol. The Bertz CT molecular complexity index is 3310. The minimum Gasteiger partial charge on any atom is -0.744 e. The molecular formula is C43H39N3O14S5. The Labute approximate surface area is 380 Å². The molecule has 2 N–H and O–H groups in total. The molecule has 65 heavy (non-hydrogen) atoms. The number of carbonyl (C=O) groups excluding carboxylic acids is 1. The molecule has 22 heteroatoms. The highest BCUT2D eigenvalue weighted by Gasteiger charge is 2.41. The van der Waals surface area contributed by atoms with E-state index in [0.29, 0.717) is 45.8 Å². The van der Waals surface area contributed by atoms with Gasteiger partial charge < -0.3 is 14.2 Å². The zero-order valence-electron chi connectivity index (χ0n) is 34.6. The normalized spacial score (nSPS) is 18.2. The molecule has 17 nitrogen and oxygen atoms in total. The summed E-state index contributed by atoms with van der Waals surface area (Å²) < 4.78 is 137. The minimum atomic E-state index is -4.72. The Morgan fingerprint density at radius 3 is 1.94 bits per heavy atom. The summed E-state index contributed by atoms with van der Waals surface area (Å²) in [6, 6.07) is 20.4. The van der Waals surface area contributed by atoms with Gasteiger partial charge in [-0.3, -0.25) is 18.8 Å². The largest absolute Gasteiger partial charge is 0.744 e. The third-order valence-corrected chi connectivity index (χ3v) is 15.3. The van der Waals surface area contributed by atoms with E-state index in [1.807, 2.05) is 54.1 Å². The van der Waals surface area contributed by atoms with Crippen molar-refractivity contribution in [1.82, 2.24) is 4.90 Å². The van der Waals surface area contributed by atoms with Gasteiger partial charge in [-0.2, -0.15) is 21.4 Å². The van der Waals surface area contributed by atoms with Crippen LogP contribution in [0.5, 0.6) is 0 Å². The number of ether oxygens (including phenoxy) is 1. The first-order chi connectivity index (χ1) is 30.6. The second kappa shape index (κ2) is 18.4. The lowest BCUT2D eigenvalue weighted by atomic mass is 9.89. The van der Waals surface area contributed by atoms with Gasteiger partial charge in [0.15, 0.2) is 0 Å². The molecule has 1 fully saturated rings. The molecule has 1 saturated heterocycles. The summed E-state index contributed by atoms with van der Waals surface area (Å²) in [5.74, 6) is 0.440. The highest BCUT2D eigenvalue weighted by atomic mass is 32.2. The Morgan fingerprint density at radius 2 is 1.35 bits per heavy atom. The number of thioether (sulfide) groups is 1. The third kappa shape index (κ3) is 9.57. The number of hydrogen-bond donors (Lipinski definition) is 2. The van der Waals surface area contributed by atoms with Crippen LogP contribution in [0.4, 0.5) is 11.4 Å². The van der Waals surface area contributed by atoms with Crippen molar-refractivity contribution in [2.75, 3.05) is 31.4 Å². The van der Waals surface area contributed by atoms with Gasteiger partial charge in [0.05, 0.1) is 36.8 Å². The van der Waals surface area contributed by atoms with Crippen LogP contribution in [0.25, 0.3) is 33.5 Å². The number of para-hydroxylation sites is 1. The van der Waals surface area contributed by atoms with Crippen molar-refractivity contribution in [3.05, 3.63) is 130 Å². The van der Waals surface area contributed by atoms with Gasteiger partial charge in [-0.1, -0.05) is 48.6 Å². The third-order valence-electron chi connectivity index (χ3n) is 11.6. The summed E-state index contributed by atoms with van der Waals surface area (Å²) in [5, 5.41) is 1.64. The number of nitrogens with zero attached hydrogens (tertiary/aromatic N) is 3. The Balaban J connectivity index is 0.00000151. The molecule has 0 saturated carbocycles. The summed E-state index contributed by atoms with van der Waals surface area (Å²) in [4.78, 5) is 15.0. The fourth-order valence-electron chi connectivity index (χ4n) is 8.71. The van der Waals surface area contributed by atoms with E-state index in [2.05, 4.69) is 18.0 Å². The van der Waals surface area contributed by atoms with Crippen LogP contribution in [0.2, 0.25) is 0 Å². The van der Waals surface area contributed by atoms with Gasteiger partial charge in [-0.15, -0.1) is 24.4 Å². The average Bonchev–Trinajstić information content (AvgIpc) is 3.54. The lowest BCUT2D eigenvalue weighted by Crippen LogP contribution is -2.39. The molecule has 1 aromatic heterocycles. The maximum Gasteiger partial charge on any atom is 0.425 e. The Kier molecular flexibility index (Phi) is 13.4. The van der Waals surface area contributed by atoms with Gasteiger partial charge in [-0.25, -0.2) is 8.42 Å². The predicted octanol–water partition coefficient (Wildman–Crippen LogP) is 5.00. The number of carbonyl (C=O) groups is 1. The van der Waals surface area contributed by atoms with E-state index in [9.17, 15) is 43.7 Å². The number of benzene rings is 4. The zero-order chi connectivity index (χ0) is 47.2.